The maximum atomic E-state index is 13.4. The third kappa shape index (κ3) is 6.42. The fraction of sp³-hybridized carbons (Fsp3) is 0.536. The van der Waals surface area contributed by atoms with E-state index < -0.39 is 0 Å². The Morgan fingerprint density at radius 1 is 1.25 bits per heavy atom. The van der Waals surface area contributed by atoms with Gasteiger partial charge >= 0.3 is 6.03 Å². The molecule has 2 N–H and O–H groups in total. The summed E-state index contributed by atoms with van der Waals surface area (Å²) in [5.74, 6) is 4.32. The molecule has 2 saturated heterocycles. The Hall–Kier alpha value is -3.56. The van der Waals surface area contributed by atoms with Gasteiger partial charge in [-0.15, -0.1) is 0 Å². The highest BCUT2D eigenvalue weighted by molar-refractivity contribution is 7.99. The number of likely N-dealkylation sites (N-methyl/N-ethyl adjacent to an activating group) is 1. The van der Waals surface area contributed by atoms with E-state index in [0.717, 1.165) is 49.9 Å². The molecule has 3 aliphatic heterocycles. The minimum absolute atomic E-state index is 0.0797. The van der Waals surface area contributed by atoms with Gasteiger partial charge in [-0.2, -0.15) is 22.0 Å². The zero-order chi connectivity index (χ0) is 28.1. The lowest BCUT2D eigenvalue weighted by molar-refractivity contribution is -0.136. The number of amides is 3. The normalized spacial score (nSPS) is 18.2. The third-order valence-electron chi connectivity index (χ3n) is 7.69. The number of methoxy groups -OCH3 is 1. The molecule has 5 rings (SSSR count). The first-order chi connectivity index (χ1) is 19.4. The molecule has 0 bridgehead atoms. The van der Waals surface area contributed by atoms with Gasteiger partial charge in [-0.25, -0.2) is 9.78 Å². The number of fused-ring (bicyclic) bond motifs is 1. The number of aromatic nitrogens is 2. The average Bonchev–Trinajstić information content (AvgIpc) is 2.97. The van der Waals surface area contributed by atoms with Crippen molar-refractivity contribution < 1.29 is 14.3 Å². The number of urea groups is 1. The number of rotatable bonds is 7. The van der Waals surface area contributed by atoms with Crippen molar-refractivity contribution in [2.75, 3.05) is 73.9 Å². The molecule has 12 heteroatoms. The standard InChI is InChI=1S/C28H36N8O3S/c1-34-8-9-35(25(37)18-34)17-21-12-20-4-3-7-36(26(20)33-27(21)39-2)28(38)32-24-13-23(22(14-29)16-31-24)30-15-19-5-10-40-11-6-19/h12-13,16,19H,3-11,15,17-18H2,1-2H3,(H2,30,31,32,38). The van der Waals surface area contributed by atoms with Crippen LogP contribution in [0.15, 0.2) is 18.3 Å². The zero-order valence-electron chi connectivity index (χ0n) is 23.1. The lowest BCUT2D eigenvalue weighted by Crippen LogP contribution is -2.48. The summed E-state index contributed by atoms with van der Waals surface area (Å²) in [6.45, 7) is 3.59. The molecule has 0 aliphatic carbocycles. The molecule has 3 aliphatic rings. The minimum atomic E-state index is -0.343. The van der Waals surface area contributed by atoms with Crippen molar-refractivity contribution in [1.82, 2.24) is 19.8 Å². The molecule has 0 unspecified atom stereocenters. The van der Waals surface area contributed by atoms with Gasteiger partial charge in [0.25, 0.3) is 0 Å². The van der Waals surface area contributed by atoms with E-state index in [4.69, 9.17) is 9.72 Å². The van der Waals surface area contributed by atoms with Gasteiger partial charge in [0.2, 0.25) is 11.8 Å². The largest absolute Gasteiger partial charge is 0.481 e. The van der Waals surface area contributed by atoms with Gasteiger partial charge in [0.1, 0.15) is 17.7 Å². The highest BCUT2D eigenvalue weighted by Gasteiger charge is 2.29. The van der Waals surface area contributed by atoms with Crippen molar-refractivity contribution in [3.63, 3.8) is 0 Å². The molecule has 40 heavy (non-hydrogen) atoms. The maximum Gasteiger partial charge on any atom is 0.328 e. The number of hydrogen-bond donors (Lipinski definition) is 2. The van der Waals surface area contributed by atoms with E-state index in [1.165, 1.54) is 17.7 Å². The van der Waals surface area contributed by atoms with Crippen LogP contribution in [-0.2, 0) is 17.8 Å². The van der Waals surface area contributed by atoms with E-state index in [1.807, 2.05) is 34.7 Å². The first-order valence-electron chi connectivity index (χ1n) is 13.8. The lowest BCUT2D eigenvalue weighted by atomic mass is 10.0. The first-order valence-corrected chi connectivity index (χ1v) is 14.9. The third-order valence-corrected chi connectivity index (χ3v) is 8.74. The van der Waals surface area contributed by atoms with Crippen LogP contribution in [-0.4, -0.2) is 90.1 Å². The molecular weight excluding hydrogens is 528 g/mol. The Bertz CT molecular complexity index is 1290. The van der Waals surface area contributed by atoms with E-state index in [0.29, 0.717) is 60.9 Å². The number of pyridine rings is 2. The fourth-order valence-electron chi connectivity index (χ4n) is 5.36. The van der Waals surface area contributed by atoms with Crippen molar-refractivity contribution in [2.24, 2.45) is 5.92 Å². The van der Waals surface area contributed by atoms with Gasteiger partial charge in [0.05, 0.1) is 31.5 Å². The molecule has 0 saturated carbocycles. The maximum absolute atomic E-state index is 13.4. The summed E-state index contributed by atoms with van der Waals surface area (Å²) in [5.41, 5.74) is 2.90. The number of ether oxygens (including phenoxy) is 1. The summed E-state index contributed by atoms with van der Waals surface area (Å²) in [5, 5.41) is 15.9. The molecule has 5 heterocycles. The van der Waals surface area contributed by atoms with Crippen LogP contribution in [0.25, 0.3) is 0 Å². The molecule has 212 valence electrons. The summed E-state index contributed by atoms with van der Waals surface area (Å²) in [4.78, 5) is 40.4. The predicted molar refractivity (Wildman–Crippen MR) is 156 cm³/mol. The Morgan fingerprint density at radius 3 is 2.83 bits per heavy atom. The molecule has 2 fully saturated rings. The summed E-state index contributed by atoms with van der Waals surface area (Å²) < 4.78 is 5.60. The van der Waals surface area contributed by atoms with E-state index in [9.17, 15) is 14.9 Å². The highest BCUT2D eigenvalue weighted by atomic mass is 32.2. The van der Waals surface area contributed by atoms with Gasteiger partial charge in [-0.05, 0) is 61.8 Å². The molecule has 0 aromatic carbocycles. The van der Waals surface area contributed by atoms with Gasteiger partial charge in [-0.1, -0.05) is 0 Å². The molecule has 2 aromatic heterocycles. The van der Waals surface area contributed by atoms with E-state index in [1.54, 1.807) is 18.1 Å². The number of nitriles is 1. The second kappa shape index (κ2) is 12.7. The van der Waals surface area contributed by atoms with Gasteiger partial charge in [0.15, 0.2) is 0 Å². The van der Waals surface area contributed by atoms with Gasteiger partial charge in [-0.3, -0.25) is 19.9 Å². The number of aryl methyl sites for hydroxylation is 1. The number of nitrogens with zero attached hydrogens (tertiary/aromatic N) is 6. The Labute approximate surface area is 239 Å². The topological polar surface area (TPSA) is 127 Å². The summed E-state index contributed by atoms with van der Waals surface area (Å²) in [6.07, 6.45) is 5.38. The van der Waals surface area contributed by atoms with Crippen LogP contribution < -0.4 is 20.3 Å². The Balaban J connectivity index is 1.30. The average molecular weight is 565 g/mol. The summed E-state index contributed by atoms with van der Waals surface area (Å²) in [6, 6.07) is 5.58. The van der Waals surface area contributed by atoms with Gasteiger partial charge in [0, 0.05) is 44.0 Å². The fourth-order valence-corrected chi connectivity index (χ4v) is 6.56. The van der Waals surface area contributed by atoms with Crippen molar-refractivity contribution in [3.8, 4) is 11.9 Å². The Kier molecular flexibility index (Phi) is 8.91. The van der Waals surface area contributed by atoms with Crippen LogP contribution in [0, 0.1) is 17.2 Å². The minimum Gasteiger partial charge on any atom is -0.481 e. The van der Waals surface area contributed by atoms with Gasteiger partial charge < -0.3 is 15.0 Å². The smallest absolute Gasteiger partial charge is 0.328 e. The second-order valence-electron chi connectivity index (χ2n) is 10.5. The van der Waals surface area contributed by atoms with Crippen molar-refractivity contribution in [2.45, 2.75) is 32.2 Å². The number of nitrogens with one attached hydrogen (secondary N) is 2. The number of piperazine rings is 1. The SMILES string of the molecule is COc1nc2c(cc1CN1CCN(C)CC1=O)CCCN2C(=O)Nc1cc(NCC2CCSCC2)c(C#N)cn1. The molecule has 0 atom stereocenters. The molecule has 0 spiro atoms. The van der Waals surface area contributed by atoms with Crippen LogP contribution in [0.3, 0.4) is 0 Å². The molecule has 3 amide bonds. The monoisotopic (exact) mass is 564 g/mol. The van der Waals surface area contributed by atoms with Crippen LogP contribution in [0.5, 0.6) is 5.88 Å². The van der Waals surface area contributed by atoms with Crippen LogP contribution >= 0.6 is 11.8 Å². The number of thioether (sulfide) groups is 1. The number of carbonyl (C=O) groups excluding carboxylic acids is 2. The predicted octanol–water partition coefficient (Wildman–Crippen LogP) is 3.17. The van der Waals surface area contributed by atoms with E-state index in [2.05, 4.69) is 21.7 Å². The quantitative estimate of drug-likeness (QED) is 0.521. The number of hydrogen-bond acceptors (Lipinski definition) is 9. The van der Waals surface area contributed by atoms with Crippen LogP contribution in [0.1, 0.15) is 36.0 Å². The molecule has 0 radical (unpaired) electrons. The molecule has 2 aromatic rings. The van der Waals surface area contributed by atoms with E-state index >= 15 is 0 Å². The zero-order valence-corrected chi connectivity index (χ0v) is 23.9. The highest BCUT2D eigenvalue weighted by Crippen LogP contribution is 2.32. The van der Waals surface area contributed by atoms with E-state index in [-0.39, 0.29) is 11.9 Å². The second-order valence-corrected chi connectivity index (χ2v) is 11.8. The molecular formula is C28H36N8O3S. The van der Waals surface area contributed by atoms with Crippen LogP contribution in [0.4, 0.5) is 22.1 Å². The number of anilines is 3. The Morgan fingerprint density at radius 2 is 2.08 bits per heavy atom. The summed E-state index contributed by atoms with van der Waals surface area (Å²) in [7, 11) is 3.50. The van der Waals surface area contributed by atoms with Crippen LogP contribution in [0.2, 0.25) is 0 Å². The molecule has 11 nitrogen and oxygen atoms in total. The van der Waals surface area contributed by atoms with Crippen molar-refractivity contribution in [1.29, 1.82) is 5.26 Å². The lowest BCUT2D eigenvalue weighted by Gasteiger charge is -2.33. The number of carbonyl (C=O) groups is 2. The summed E-state index contributed by atoms with van der Waals surface area (Å²) >= 11 is 1.98. The van der Waals surface area contributed by atoms with Crippen molar-refractivity contribution in [3.05, 3.63) is 35.0 Å². The first kappa shape index (κ1) is 28.0. The van der Waals surface area contributed by atoms with Crippen molar-refractivity contribution >= 4 is 41.0 Å².